The number of aliphatic hydroxyl groups excluding tert-OH is 1. The normalized spacial score (nSPS) is 17.5. The van der Waals surface area contributed by atoms with Crippen molar-refractivity contribution in [2.45, 2.75) is 91.9 Å². The third-order valence-electron chi connectivity index (χ3n) is 10.4. The van der Waals surface area contributed by atoms with Gasteiger partial charge < -0.3 is 40.3 Å². The first-order valence-corrected chi connectivity index (χ1v) is 20.4. The van der Waals surface area contributed by atoms with E-state index in [0.29, 0.717) is 38.5 Å². The number of benzene rings is 1. The Hall–Kier alpha value is -3.38. The minimum atomic E-state index is -1.65. The number of β-amino-alcohol motifs (C(OH)–C–C–N with tert-alkyl or cyclic N) is 2. The van der Waals surface area contributed by atoms with Gasteiger partial charge in [-0.3, -0.25) is 38.8 Å². The number of hydrogen-bond donors (Lipinski definition) is 6. The maximum absolute atomic E-state index is 12.7. The van der Waals surface area contributed by atoms with Gasteiger partial charge in [0.1, 0.15) is 5.75 Å². The fourth-order valence-electron chi connectivity index (χ4n) is 6.55. The number of carbonyl (C=O) groups excluding carboxylic acids is 1. The Morgan fingerprint density at radius 1 is 0.754 bits per heavy atom. The van der Waals surface area contributed by atoms with E-state index >= 15 is 0 Å². The summed E-state index contributed by atoms with van der Waals surface area (Å²) in [5.74, 6) is -2.39. The fraction of sp³-hybridized carbons (Fsp3) is 0.756. The highest BCUT2D eigenvalue weighted by Crippen LogP contribution is 2.23. The molecule has 326 valence electrons. The van der Waals surface area contributed by atoms with Crippen LogP contribution in [0, 0.1) is 10.8 Å². The molecule has 0 unspecified atom stereocenters. The van der Waals surface area contributed by atoms with Gasteiger partial charge in [0.25, 0.3) is 0 Å². The van der Waals surface area contributed by atoms with Gasteiger partial charge in [-0.05, 0) is 62.6 Å². The molecule has 0 spiro atoms. The first-order valence-electron chi connectivity index (χ1n) is 20.4. The molecule has 0 saturated carbocycles. The van der Waals surface area contributed by atoms with Crippen LogP contribution >= 0.6 is 0 Å². The van der Waals surface area contributed by atoms with Crippen LogP contribution in [0.25, 0.3) is 0 Å². The molecule has 0 aromatic heterocycles. The molecular formula is C41H71N5O11. The molecule has 16 nitrogen and oxygen atoms in total. The van der Waals surface area contributed by atoms with Gasteiger partial charge in [0, 0.05) is 64.9 Å². The van der Waals surface area contributed by atoms with Gasteiger partial charge in [-0.25, -0.2) is 0 Å². The molecule has 2 rings (SSSR count). The molecule has 0 aliphatic carbocycles. The summed E-state index contributed by atoms with van der Waals surface area (Å²) < 4.78 is 11.9. The average molecular weight is 810 g/mol. The van der Waals surface area contributed by atoms with Crippen LogP contribution in [0.5, 0.6) is 5.75 Å². The van der Waals surface area contributed by atoms with E-state index in [1.54, 1.807) is 19.6 Å². The Bertz CT molecular complexity index is 1340. The summed E-state index contributed by atoms with van der Waals surface area (Å²) in [6.45, 7) is 13.4. The van der Waals surface area contributed by atoms with Gasteiger partial charge in [-0.2, -0.15) is 0 Å². The standard InChI is InChI=1S/C41H71N5O11/c1-6-40(2,3)30-56-31-41(4,5)39(55)42-16-10-8-7-9-11-23-57-34-14-12-32(13-15-34)24-33-25-45(28-37(51)52)20-19-43(26-35(47)48)17-18-44(27-36(49)50)21-22-46(33)29-38(53)54/h12-15,33,37,51-52H,6-11,16-31H2,1-5H3,(H,42,55)(H,47,48)(H,49,50)(H,53,54)/t33-/m0/s1. The maximum atomic E-state index is 12.7. The number of unbranched alkanes of at least 4 members (excludes halogenated alkanes) is 4. The van der Waals surface area contributed by atoms with Gasteiger partial charge in [-0.15, -0.1) is 0 Å². The number of nitrogens with one attached hydrogen (secondary N) is 1. The van der Waals surface area contributed by atoms with Gasteiger partial charge in [0.05, 0.1) is 44.9 Å². The first kappa shape index (κ1) is 49.8. The van der Waals surface area contributed by atoms with E-state index < -0.39 is 35.7 Å². The quantitative estimate of drug-likeness (QED) is 0.0618. The Balaban J connectivity index is 1.93. The second-order valence-electron chi connectivity index (χ2n) is 16.7. The summed E-state index contributed by atoms with van der Waals surface area (Å²) in [5.41, 5.74) is 0.429. The van der Waals surface area contributed by atoms with Crippen LogP contribution in [-0.2, 0) is 30.3 Å². The van der Waals surface area contributed by atoms with E-state index in [9.17, 15) is 44.7 Å². The second-order valence-corrected chi connectivity index (χ2v) is 16.7. The summed E-state index contributed by atoms with van der Waals surface area (Å²) in [6, 6.07) is 7.20. The zero-order valence-electron chi connectivity index (χ0n) is 35.0. The molecule has 1 amide bonds. The smallest absolute Gasteiger partial charge is 0.317 e. The lowest BCUT2D eigenvalue weighted by Gasteiger charge is -2.38. The van der Waals surface area contributed by atoms with Gasteiger partial charge >= 0.3 is 17.9 Å². The van der Waals surface area contributed by atoms with Crippen molar-refractivity contribution in [3.05, 3.63) is 29.8 Å². The number of aliphatic carboxylic acids is 3. The molecule has 1 atom stereocenters. The Morgan fingerprint density at radius 3 is 1.86 bits per heavy atom. The average Bonchev–Trinajstić information content (AvgIpc) is 3.12. The first-order chi connectivity index (χ1) is 26.9. The summed E-state index contributed by atoms with van der Waals surface area (Å²) in [7, 11) is 0. The highest BCUT2D eigenvalue weighted by atomic mass is 16.5. The predicted molar refractivity (Wildman–Crippen MR) is 216 cm³/mol. The largest absolute Gasteiger partial charge is 0.494 e. The number of aliphatic hydroxyl groups is 2. The fourth-order valence-corrected chi connectivity index (χ4v) is 6.55. The van der Waals surface area contributed by atoms with Crippen molar-refractivity contribution in [3.63, 3.8) is 0 Å². The Morgan fingerprint density at radius 2 is 1.30 bits per heavy atom. The molecule has 1 fully saturated rings. The summed E-state index contributed by atoms with van der Waals surface area (Å²) in [6.07, 6.45) is 4.60. The van der Waals surface area contributed by atoms with Crippen LogP contribution in [0.1, 0.15) is 78.7 Å². The zero-order valence-corrected chi connectivity index (χ0v) is 35.0. The van der Waals surface area contributed by atoms with E-state index in [1.807, 2.05) is 38.1 Å². The number of nitrogens with zero attached hydrogens (tertiary/aromatic N) is 4. The number of carboxylic acids is 3. The minimum Gasteiger partial charge on any atom is -0.494 e. The lowest BCUT2D eigenvalue weighted by molar-refractivity contribution is -0.141. The van der Waals surface area contributed by atoms with E-state index in [2.05, 4.69) is 26.1 Å². The number of ether oxygens (including phenoxy) is 2. The van der Waals surface area contributed by atoms with Crippen LogP contribution < -0.4 is 10.1 Å². The van der Waals surface area contributed by atoms with Gasteiger partial charge in [0.2, 0.25) is 5.91 Å². The molecule has 57 heavy (non-hydrogen) atoms. The van der Waals surface area contributed by atoms with E-state index in [1.165, 1.54) is 0 Å². The van der Waals surface area contributed by atoms with E-state index in [-0.39, 0.29) is 83.3 Å². The molecule has 0 bridgehead atoms. The van der Waals surface area contributed by atoms with Crippen LogP contribution in [-0.4, -0.2) is 180 Å². The molecule has 6 N–H and O–H groups in total. The summed E-state index contributed by atoms with van der Waals surface area (Å²) in [5, 5.41) is 51.7. The molecule has 16 heteroatoms. The van der Waals surface area contributed by atoms with Crippen LogP contribution in [0.15, 0.2) is 24.3 Å². The monoisotopic (exact) mass is 810 g/mol. The number of carbonyl (C=O) groups is 4. The van der Waals surface area contributed by atoms with Crippen molar-refractivity contribution in [2.24, 2.45) is 10.8 Å². The summed E-state index contributed by atoms with van der Waals surface area (Å²) >= 11 is 0. The molecule has 1 aliphatic heterocycles. The lowest BCUT2D eigenvalue weighted by Crippen LogP contribution is -2.53. The Labute approximate surface area is 339 Å². The van der Waals surface area contributed by atoms with Crippen molar-refractivity contribution in [1.29, 1.82) is 0 Å². The minimum absolute atomic E-state index is 0.00832. The number of rotatable bonds is 25. The number of amides is 1. The highest BCUT2D eigenvalue weighted by molar-refractivity contribution is 5.81. The van der Waals surface area contributed by atoms with Crippen molar-refractivity contribution in [3.8, 4) is 5.75 Å². The summed E-state index contributed by atoms with van der Waals surface area (Å²) in [4.78, 5) is 54.9. The molecule has 1 aromatic carbocycles. The second kappa shape index (κ2) is 25.9. The Kier molecular flexibility index (Phi) is 22.6. The topological polar surface area (TPSA) is 213 Å². The van der Waals surface area contributed by atoms with Crippen molar-refractivity contribution < 1.29 is 54.2 Å². The third kappa shape index (κ3) is 21.8. The highest BCUT2D eigenvalue weighted by Gasteiger charge is 2.29. The van der Waals surface area contributed by atoms with E-state index in [0.717, 1.165) is 44.1 Å². The van der Waals surface area contributed by atoms with Gasteiger partial charge in [0.15, 0.2) is 6.29 Å². The van der Waals surface area contributed by atoms with E-state index in [4.69, 9.17) is 9.47 Å². The molecule has 1 aromatic rings. The third-order valence-corrected chi connectivity index (χ3v) is 10.4. The molecule has 1 heterocycles. The molecule has 1 saturated heterocycles. The van der Waals surface area contributed by atoms with Crippen LogP contribution in [0.2, 0.25) is 0 Å². The van der Waals surface area contributed by atoms with Gasteiger partial charge in [-0.1, -0.05) is 52.2 Å². The SMILES string of the molecule is CCC(C)(C)COCC(C)(C)C(=O)NCCCCCCCOc1ccc(C[C@H]2CN(CC(O)O)CCN(CC(=O)O)CCN(CC(=O)O)CCN2CC(=O)O)cc1. The van der Waals surface area contributed by atoms with Crippen LogP contribution in [0.4, 0.5) is 0 Å². The van der Waals surface area contributed by atoms with Crippen molar-refractivity contribution in [2.75, 3.05) is 98.4 Å². The van der Waals surface area contributed by atoms with Crippen LogP contribution in [0.3, 0.4) is 0 Å². The molecular weight excluding hydrogens is 738 g/mol. The zero-order chi connectivity index (χ0) is 42.4. The molecule has 0 radical (unpaired) electrons. The van der Waals surface area contributed by atoms with Crippen molar-refractivity contribution >= 4 is 23.8 Å². The maximum Gasteiger partial charge on any atom is 0.317 e. The van der Waals surface area contributed by atoms with Crippen molar-refractivity contribution in [1.82, 2.24) is 24.9 Å². The molecule has 1 aliphatic rings. The number of hydrogen-bond acceptors (Lipinski definition) is 12. The predicted octanol–water partition coefficient (Wildman–Crippen LogP) is 2.31. The lowest BCUT2D eigenvalue weighted by atomic mass is 9.90. The number of carboxylic acid groups (broad SMARTS) is 3.